The van der Waals surface area contributed by atoms with Gasteiger partial charge in [-0.05, 0) is 39.8 Å². The third-order valence-electron chi connectivity index (χ3n) is 4.05. The molecule has 3 rings (SSSR count). The number of carbonyl (C=O) groups is 2. The number of carbonyl (C=O) groups excluding carboxylic acids is 2. The average molecular weight is 377 g/mol. The lowest BCUT2D eigenvalue weighted by Crippen LogP contribution is -2.40. The summed E-state index contributed by atoms with van der Waals surface area (Å²) < 4.78 is 5.26. The number of benzene rings is 2. The predicted molar refractivity (Wildman–Crippen MR) is 108 cm³/mol. The van der Waals surface area contributed by atoms with Crippen LogP contribution >= 0.6 is 0 Å². The lowest BCUT2D eigenvalue weighted by Gasteiger charge is -2.21. The fourth-order valence-electron chi connectivity index (χ4n) is 2.82. The van der Waals surface area contributed by atoms with Gasteiger partial charge in [0.05, 0.1) is 11.3 Å². The summed E-state index contributed by atoms with van der Waals surface area (Å²) in [5, 5.41) is 9.78. The van der Waals surface area contributed by atoms with Crippen molar-refractivity contribution in [3.05, 3.63) is 71.5 Å². The molecular formula is C22H23N3O3. The van der Waals surface area contributed by atoms with Crippen LogP contribution < -0.4 is 10.6 Å². The lowest BCUT2D eigenvalue weighted by atomic mass is 10.0. The van der Waals surface area contributed by atoms with E-state index < -0.39 is 0 Å². The normalized spacial score (nSPS) is 11.1. The third-order valence-corrected chi connectivity index (χ3v) is 4.05. The van der Waals surface area contributed by atoms with E-state index in [1.165, 1.54) is 0 Å². The Hall–Kier alpha value is -3.41. The number of hydrogen-bond donors (Lipinski definition) is 2. The summed E-state index contributed by atoms with van der Waals surface area (Å²) >= 11 is 0. The van der Waals surface area contributed by atoms with E-state index in [1.54, 1.807) is 31.2 Å². The monoisotopic (exact) mass is 377 g/mol. The highest BCUT2D eigenvalue weighted by atomic mass is 16.5. The van der Waals surface area contributed by atoms with Gasteiger partial charge in [0.15, 0.2) is 0 Å². The molecule has 1 heterocycles. The summed E-state index contributed by atoms with van der Waals surface area (Å²) in [5.74, 6) is -0.227. The van der Waals surface area contributed by atoms with Crippen LogP contribution in [-0.4, -0.2) is 22.5 Å². The zero-order chi connectivity index (χ0) is 20.3. The number of rotatable bonds is 4. The van der Waals surface area contributed by atoms with Gasteiger partial charge in [-0.1, -0.05) is 47.6 Å². The Balaban J connectivity index is 1.92. The molecular weight excluding hydrogens is 354 g/mol. The summed E-state index contributed by atoms with van der Waals surface area (Å²) in [5.41, 5.74) is 2.02. The molecule has 0 unspecified atom stereocenters. The van der Waals surface area contributed by atoms with Gasteiger partial charge in [0.1, 0.15) is 17.0 Å². The van der Waals surface area contributed by atoms with E-state index in [9.17, 15) is 9.59 Å². The smallest absolute Gasteiger partial charge is 0.261 e. The Morgan fingerprint density at radius 3 is 2.25 bits per heavy atom. The lowest BCUT2D eigenvalue weighted by molar-refractivity contribution is 0.0920. The van der Waals surface area contributed by atoms with Crippen LogP contribution in [0.1, 0.15) is 47.2 Å². The summed E-state index contributed by atoms with van der Waals surface area (Å²) in [6.45, 7) is 7.39. The molecule has 3 aromatic rings. The number of para-hydroxylation sites is 1. The predicted octanol–water partition coefficient (Wildman–Crippen LogP) is 4.43. The number of anilines is 1. The second-order valence-electron chi connectivity index (χ2n) is 7.53. The van der Waals surface area contributed by atoms with E-state index in [0.717, 1.165) is 5.56 Å². The molecule has 0 aliphatic carbocycles. The van der Waals surface area contributed by atoms with E-state index >= 15 is 0 Å². The number of nitrogens with one attached hydrogen (secondary N) is 2. The molecule has 2 N–H and O–H groups in total. The summed E-state index contributed by atoms with van der Waals surface area (Å²) in [6.07, 6.45) is 0. The van der Waals surface area contributed by atoms with Crippen molar-refractivity contribution in [3.63, 3.8) is 0 Å². The van der Waals surface area contributed by atoms with E-state index in [4.69, 9.17) is 4.52 Å². The Morgan fingerprint density at radius 1 is 0.929 bits per heavy atom. The summed E-state index contributed by atoms with van der Waals surface area (Å²) in [7, 11) is 0. The molecule has 28 heavy (non-hydrogen) atoms. The molecule has 0 spiro atoms. The van der Waals surface area contributed by atoms with Crippen LogP contribution in [0.15, 0.2) is 59.1 Å². The molecule has 0 bridgehead atoms. The average Bonchev–Trinajstić information content (AvgIpc) is 3.03. The van der Waals surface area contributed by atoms with Gasteiger partial charge < -0.3 is 15.2 Å². The quantitative estimate of drug-likeness (QED) is 0.704. The van der Waals surface area contributed by atoms with Gasteiger partial charge in [-0.15, -0.1) is 0 Å². The zero-order valence-corrected chi connectivity index (χ0v) is 16.4. The maximum Gasteiger partial charge on any atom is 0.261 e. The van der Waals surface area contributed by atoms with Crippen molar-refractivity contribution < 1.29 is 14.1 Å². The molecule has 0 saturated heterocycles. The second-order valence-corrected chi connectivity index (χ2v) is 7.53. The van der Waals surface area contributed by atoms with E-state index in [2.05, 4.69) is 15.8 Å². The summed E-state index contributed by atoms with van der Waals surface area (Å²) in [4.78, 5) is 25.6. The molecule has 0 saturated carbocycles. The van der Waals surface area contributed by atoms with Crippen molar-refractivity contribution in [2.75, 3.05) is 5.32 Å². The van der Waals surface area contributed by atoms with Gasteiger partial charge in [-0.2, -0.15) is 0 Å². The summed E-state index contributed by atoms with van der Waals surface area (Å²) in [6, 6.07) is 16.2. The molecule has 0 atom stereocenters. The van der Waals surface area contributed by atoms with Crippen LogP contribution in [0.25, 0.3) is 11.3 Å². The minimum absolute atomic E-state index is 0.256. The van der Waals surface area contributed by atoms with E-state index in [1.807, 2.05) is 51.1 Å². The van der Waals surface area contributed by atoms with Crippen molar-refractivity contribution in [3.8, 4) is 11.3 Å². The zero-order valence-electron chi connectivity index (χ0n) is 16.4. The first kappa shape index (κ1) is 19.4. The largest absolute Gasteiger partial charge is 0.360 e. The van der Waals surface area contributed by atoms with Gasteiger partial charge in [-0.25, -0.2) is 0 Å². The highest BCUT2D eigenvalue weighted by Gasteiger charge is 2.24. The number of aryl methyl sites for hydroxylation is 1. The molecule has 0 fully saturated rings. The molecule has 0 aliphatic heterocycles. The Bertz CT molecular complexity index is 1000. The Morgan fingerprint density at radius 2 is 1.57 bits per heavy atom. The molecule has 144 valence electrons. The van der Waals surface area contributed by atoms with Crippen LogP contribution in [0.2, 0.25) is 0 Å². The Labute approximate surface area is 163 Å². The number of amides is 2. The van der Waals surface area contributed by atoms with Crippen molar-refractivity contribution in [2.24, 2.45) is 0 Å². The number of nitrogens with zero attached hydrogens (tertiary/aromatic N) is 1. The van der Waals surface area contributed by atoms with Crippen molar-refractivity contribution in [2.45, 2.75) is 33.2 Å². The molecule has 0 aliphatic rings. The van der Waals surface area contributed by atoms with Gasteiger partial charge in [0.25, 0.3) is 11.8 Å². The number of hydrogen-bond acceptors (Lipinski definition) is 4. The van der Waals surface area contributed by atoms with Crippen molar-refractivity contribution in [1.82, 2.24) is 10.5 Å². The van der Waals surface area contributed by atoms with Gasteiger partial charge in [0, 0.05) is 11.1 Å². The third kappa shape index (κ3) is 4.28. The maximum absolute atomic E-state index is 13.0. The molecule has 1 aromatic heterocycles. The van der Waals surface area contributed by atoms with Crippen molar-refractivity contribution in [1.29, 1.82) is 0 Å². The first-order valence-electron chi connectivity index (χ1n) is 9.01. The molecule has 6 heteroatoms. The molecule has 2 amide bonds. The standard InChI is InChI=1S/C22H23N3O3/c1-14-18(19(25-28-14)15-10-6-5-7-11-15)21(27)23-17-13-9-8-12-16(17)20(26)24-22(2,3)4/h5-13H,1-4H3,(H,23,27)(H,24,26). The Kier molecular flexibility index (Phi) is 5.31. The highest BCUT2D eigenvalue weighted by Crippen LogP contribution is 2.26. The molecule has 2 aromatic carbocycles. The molecule has 6 nitrogen and oxygen atoms in total. The van der Waals surface area contributed by atoms with Crippen LogP contribution in [0.5, 0.6) is 0 Å². The van der Waals surface area contributed by atoms with Crippen LogP contribution in [0.4, 0.5) is 5.69 Å². The van der Waals surface area contributed by atoms with Gasteiger partial charge in [0.2, 0.25) is 0 Å². The maximum atomic E-state index is 13.0. The van der Waals surface area contributed by atoms with Crippen molar-refractivity contribution >= 4 is 17.5 Å². The van der Waals surface area contributed by atoms with Gasteiger partial charge >= 0.3 is 0 Å². The first-order chi connectivity index (χ1) is 13.3. The SMILES string of the molecule is Cc1onc(-c2ccccc2)c1C(=O)Nc1ccccc1C(=O)NC(C)(C)C. The van der Waals surface area contributed by atoms with E-state index in [-0.39, 0.29) is 17.4 Å². The van der Waals surface area contributed by atoms with Crippen LogP contribution in [-0.2, 0) is 0 Å². The fourth-order valence-corrected chi connectivity index (χ4v) is 2.82. The fraction of sp³-hybridized carbons (Fsp3) is 0.227. The number of aromatic nitrogens is 1. The second kappa shape index (κ2) is 7.68. The van der Waals surface area contributed by atoms with Crippen LogP contribution in [0, 0.1) is 6.92 Å². The molecule has 0 radical (unpaired) electrons. The minimum atomic E-state index is -0.389. The van der Waals surface area contributed by atoms with Gasteiger partial charge in [-0.3, -0.25) is 9.59 Å². The first-order valence-corrected chi connectivity index (χ1v) is 9.01. The van der Waals surface area contributed by atoms with Crippen LogP contribution in [0.3, 0.4) is 0 Å². The highest BCUT2D eigenvalue weighted by molar-refractivity contribution is 6.11. The minimum Gasteiger partial charge on any atom is -0.360 e. The topological polar surface area (TPSA) is 84.2 Å². The van der Waals surface area contributed by atoms with E-state index in [0.29, 0.717) is 28.3 Å².